The van der Waals surface area contributed by atoms with Gasteiger partial charge in [-0.15, -0.1) is 11.3 Å². The monoisotopic (exact) mass is 622 g/mol. The Morgan fingerprint density at radius 2 is 1.67 bits per heavy atom. The molecule has 232 valence electrons. The van der Waals surface area contributed by atoms with Gasteiger partial charge in [-0.05, 0) is 61.7 Å². The first-order valence-electron chi connectivity index (χ1n) is 15.4. The maximum Gasteiger partial charge on any atom is 0.265 e. The summed E-state index contributed by atoms with van der Waals surface area (Å²) < 4.78 is 13.0. The summed E-state index contributed by atoms with van der Waals surface area (Å²) in [5.41, 5.74) is 3.28. The van der Waals surface area contributed by atoms with E-state index in [9.17, 15) is 9.59 Å². The highest BCUT2D eigenvalue weighted by atomic mass is 32.1. The summed E-state index contributed by atoms with van der Waals surface area (Å²) >= 11 is 1.39. The maximum absolute atomic E-state index is 14.8. The Morgan fingerprint density at radius 1 is 0.956 bits per heavy atom. The number of hydrogen-bond acceptors (Lipinski definition) is 6. The van der Waals surface area contributed by atoms with Crippen molar-refractivity contribution < 1.29 is 19.1 Å². The summed E-state index contributed by atoms with van der Waals surface area (Å²) in [6.45, 7) is 2.13. The molecule has 1 aliphatic rings. The first-order chi connectivity index (χ1) is 22.0. The number of carbonyl (C=O) groups is 2. The third-order valence-corrected chi connectivity index (χ3v) is 9.59. The molecule has 1 aliphatic carbocycles. The van der Waals surface area contributed by atoms with Crippen LogP contribution in [0.5, 0.6) is 11.5 Å². The van der Waals surface area contributed by atoms with Gasteiger partial charge in [-0.1, -0.05) is 67.8 Å². The number of fused-ring (bicyclic) bond motifs is 1. The fourth-order valence-electron chi connectivity index (χ4n) is 6.12. The van der Waals surface area contributed by atoms with Crippen LogP contribution in [0.3, 0.4) is 0 Å². The first-order valence-corrected chi connectivity index (χ1v) is 16.2. The van der Waals surface area contributed by atoms with Crippen molar-refractivity contribution >= 4 is 33.4 Å². The fourth-order valence-corrected chi connectivity index (χ4v) is 7.26. The molecule has 1 N–H and O–H groups in total. The molecule has 0 aliphatic heterocycles. The summed E-state index contributed by atoms with van der Waals surface area (Å²) in [4.78, 5) is 32.2. The number of amides is 2. The van der Waals surface area contributed by atoms with Crippen LogP contribution in [0.2, 0.25) is 0 Å². The van der Waals surface area contributed by atoms with Gasteiger partial charge >= 0.3 is 0 Å². The highest BCUT2D eigenvalue weighted by Gasteiger charge is 2.35. The van der Waals surface area contributed by atoms with E-state index in [1.807, 2.05) is 96.5 Å². The Hall–Kier alpha value is -4.63. The van der Waals surface area contributed by atoms with Crippen LogP contribution in [0, 0.1) is 6.92 Å². The Kier molecular flexibility index (Phi) is 9.16. The lowest BCUT2D eigenvalue weighted by molar-refractivity contribution is -0.127. The van der Waals surface area contributed by atoms with Gasteiger partial charge in [-0.3, -0.25) is 9.59 Å². The molecule has 6 rings (SSSR count). The molecule has 2 amide bonds. The number of carbonyl (C=O) groups excluding carboxylic acids is 2. The van der Waals surface area contributed by atoms with Crippen LogP contribution in [0.1, 0.15) is 64.6 Å². The van der Waals surface area contributed by atoms with Gasteiger partial charge in [0, 0.05) is 17.0 Å². The van der Waals surface area contributed by atoms with Crippen molar-refractivity contribution in [3.05, 3.63) is 107 Å². The number of benzene rings is 3. The average Bonchev–Trinajstić information content (AvgIpc) is 3.66. The molecule has 1 atom stereocenters. The van der Waals surface area contributed by atoms with Crippen molar-refractivity contribution in [1.82, 2.24) is 20.0 Å². The van der Waals surface area contributed by atoms with Crippen molar-refractivity contribution in [2.24, 2.45) is 0 Å². The summed E-state index contributed by atoms with van der Waals surface area (Å²) in [7, 11) is 3.23. The summed E-state index contributed by atoms with van der Waals surface area (Å²) in [6, 6.07) is 26.0. The molecule has 3 aromatic carbocycles. The number of thiophene rings is 1. The number of hydrogen-bond donors (Lipinski definition) is 1. The summed E-state index contributed by atoms with van der Waals surface area (Å²) in [5, 5.41) is 8.97. The molecule has 8 nitrogen and oxygen atoms in total. The Balaban J connectivity index is 1.45. The average molecular weight is 623 g/mol. The van der Waals surface area contributed by atoms with Crippen molar-refractivity contribution in [1.29, 1.82) is 0 Å². The third-order valence-electron chi connectivity index (χ3n) is 8.49. The van der Waals surface area contributed by atoms with Gasteiger partial charge in [-0.25, -0.2) is 4.68 Å². The van der Waals surface area contributed by atoms with E-state index in [4.69, 9.17) is 14.6 Å². The minimum absolute atomic E-state index is 0.0824. The topological polar surface area (TPSA) is 85.7 Å². The van der Waals surface area contributed by atoms with E-state index in [1.165, 1.54) is 17.8 Å². The standard InChI is InChI=1S/C36H38N4O4S/c1-24-30-22-32(45-36(30)40(38-24)28-15-8-5-9-16-28)35(42)39(23-26-12-10-11-17-31(26)44-3)33(25-18-20-29(43-2)21-19-25)34(41)37-27-13-6-4-7-14-27/h5,8-12,15-22,27,33H,4,6-7,13-14,23H2,1-3H3,(H,37,41)/t33-/m1/s1. The van der Waals surface area contributed by atoms with Gasteiger partial charge in [0.25, 0.3) is 5.91 Å². The Bertz CT molecular complexity index is 1770. The van der Waals surface area contributed by atoms with Crippen LogP contribution in [-0.2, 0) is 11.3 Å². The molecular formula is C36H38N4O4S. The second-order valence-electron chi connectivity index (χ2n) is 11.4. The zero-order chi connectivity index (χ0) is 31.3. The van der Waals surface area contributed by atoms with Crippen molar-refractivity contribution in [3.63, 3.8) is 0 Å². The number of methoxy groups -OCH3 is 2. The van der Waals surface area contributed by atoms with E-state index < -0.39 is 6.04 Å². The van der Waals surface area contributed by atoms with E-state index in [1.54, 1.807) is 19.1 Å². The van der Waals surface area contributed by atoms with Crippen molar-refractivity contribution in [2.45, 2.75) is 57.7 Å². The number of nitrogens with one attached hydrogen (secondary N) is 1. The molecule has 5 aromatic rings. The molecule has 2 aromatic heterocycles. The number of nitrogens with zero attached hydrogens (tertiary/aromatic N) is 3. The molecule has 1 fully saturated rings. The minimum Gasteiger partial charge on any atom is -0.497 e. The predicted molar refractivity (Wildman–Crippen MR) is 177 cm³/mol. The van der Waals surface area contributed by atoms with Gasteiger partial charge < -0.3 is 19.7 Å². The van der Waals surface area contributed by atoms with Gasteiger partial charge in [-0.2, -0.15) is 5.10 Å². The quantitative estimate of drug-likeness (QED) is 0.177. The maximum atomic E-state index is 14.8. The molecule has 0 bridgehead atoms. The van der Waals surface area contributed by atoms with E-state index in [0.29, 0.717) is 21.9 Å². The molecule has 0 radical (unpaired) electrons. The normalized spacial score (nSPS) is 14.2. The number of rotatable bonds is 10. The predicted octanol–water partition coefficient (Wildman–Crippen LogP) is 7.25. The first kappa shape index (κ1) is 30.4. The second kappa shape index (κ2) is 13.6. The van der Waals surface area contributed by atoms with E-state index in [-0.39, 0.29) is 24.4 Å². The molecule has 1 saturated carbocycles. The molecular weight excluding hydrogens is 584 g/mol. The fraction of sp³-hybridized carbons (Fsp3) is 0.306. The minimum atomic E-state index is -0.882. The lowest BCUT2D eigenvalue weighted by atomic mass is 9.94. The van der Waals surface area contributed by atoms with Gasteiger partial charge in [0.1, 0.15) is 22.4 Å². The van der Waals surface area contributed by atoms with E-state index in [2.05, 4.69) is 5.32 Å². The van der Waals surface area contributed by atoms with Crippen LogP contribution in [0.15, 0.2) is 84.9 Å². The smallest absolute Gasteiger partial charge is 0.265 e. The Labute approximate surface area is 267 Å². The number of para-hydroxylation sites is 2. The lowest BCUT2D eigenvalue weighted by Gasteiger charge is -2.33. The van der Waals surface area contributed by atoms with Crippen LogP contribution in [0.25, 0.3) is 15.9 Å². The SMILES string of the molecule is COc1ccc([C@H](C(=O)NC2CCCCC2)N(Cc2ccccc2OC)C(=O)c2cc3c(C)nn(-c4ccccc4)c3s2)cc1. The zero-order valence-corrected chi connectivity index (χ0v) is 26.7. The number of ether oxygens (including phenoxy) is 2. The van der Waals surface area contributed by atoms with Crippen molar-refractivity contribution in [2.75, 3.05) is 14.2 Å². The lowest BCUT2D eigenvalue weighted by Crippen LogP contribution is -2.46. The largest absolute Gasteiger partial charge is 0.497 e. The van der Waals surface area contributed by atoms with Gasteiger partial charge in [0.15, 0.2) is 0 Å². The zero-order valence-electron chi connectivity index (χ0n) is 25.9. The highest BCUT2D eigenvalue weighted by Crippen LogP contribution is 2.35. The summed E-state index contributed by atoms with van der Waals surface area (Å²) in [5.74, 6) is 0.908. The number of aryl methyl sites for hydroxylation is 1. The Morgan fingerprint density at radius 3 is 2.38 bits per heavy atom. The van der Waals surface area contributed by atoms with Crippen molar-refractivity contribution in [3.8, 4) is 17.2 Å². The molecule has 0 spiro atoms. The van der Waals surface area contributed by atoms with Crippen LogP contribution in [0.4, 0.5) is 0 Å². The van der Waals surface area contributed by atoms with Crippen LogP contribution in [-0.4, -0.2) is 46.8 Å². The van der Waals surface area contributed by atoms with Crippen LogP contribution < -0.4 is 14.8 Å². The van der Waals surface area contributed by atoms with E-state index >= 15 is 0 Å². The second-order valence-corrected chi connectivity index (χ2v) is 12.5. The van der Waals surface area contributed by atoms with Gasteiger partial charge in [0.05, 0.1) is 37.0 Å². The summed E-state index contributed by atoms with van der Waals surface area (Å²) in [6.07, 6.45) is 5.22. The molecule has 9 heteroatoms. The molecule has 0 saturated heterocycles. The van der Waals surface area contributed by atoms with Gasteiger partial charge in [0.2, 0.25) is 5.91 Å². The number of aromatic nitrogens is 2. The third kappa shape index (κ3) is 6.44. The highest BCUT2D eigenvalue weighted by molar-refractivity contribution is 7.20. The van der Waals surface area contributed by atoms with Crippen LogP contribution >= 0.6 is 11.3 Å². The van der Waals surface area contributed by atoms with E-state index in [0.717, 1.165) is 52.8 Å². The molecule has 45 heavy (non-hydrogen) atoms. The molecule has 2 heterocycles. The molecule has 0 unspecified atom stereocenters.